The van der Waals surface area contributed by atoms with Crippen molar-refractivity contribution in [1.82, 2.24) is 20.0 Å². The first-order chi connectivity index (χ1) is 12.2. The van der Waals surface area contributed by atoms with Crippen LogP contribution in [0.4, 0.5) is 0 Å². The van der Waals surface area contributed by atoms with Crippen molar-refractivity contribution < 1.29 is 9.84 Å². The second-order valence-electron chi connectivity index (χ2n) is 6.69. The van der Waals surface area contributed by atoms with Crippen molar-refractivity contribution in [2.45, 2.75) is 31.5 Å². The Balaban J connectivity index is 1.41. The van der Waals surface area contributed by atoms with Gasteiger partial charge in [0.05, 0.1) is 24.6 Å². The van der Waals surface area contributed by atoms with E-state index in [-0.39, 0.29) is 0 Å². The molecule has 6 heteroatoms. The van der Waals surface area contributed by atoms with Crippen molar-refractivity contribution in [3.05, 3.63) is 48.3 Å². The summed E-state index contributed by atoms with van der Waals surface area (Å²) < 4.78 is 6.90. The van der Waals surface area contributed by atoms with Gasteiger partial charge >= 0.3 is 0 Å². The second kappa shape index (κ2) is 9.10. The monoisotopic (exact) mass is 344 g/mol. The Bertz CT molecular complexity index is 623. The van der Waals surface area contributed by atoms with Gasteiger partial charge in [0, 0.05) is 38.0 Å². The molecule has 1 fully saturated rings. The van der Waals surface area contributed by atoms with Crippen LogP contribution in [-0.2, 0) is 11.3 Å². The van der Waals surface area contributed by atoms with E-state index < -0.39 is 6.10 Å². The van der Waals surface area contributed by atoms with Gasteiger partial charge in [-0.25, -0.2) is 4.68 Å². The van der Waals surface area contributed by atoms with Gasteiger partial charge in [-0.1, -0.05) is 18.2 Å². The summed E-state index contributed by atoms with van der Waals surface area (Å²) in [6, 6.07) is 10.7. The van der Waals surface area contributed by atoms with Gasteiger partial charge in [0.1, 0.15) is 0 Å². The SMILES string of the molecule is COCC(O)CN1CCC(NCc2cnn(-c3ccccc3)c2)CC1. The van der Waals surface area contributed by atoms with Crippen molar-refractivity contribution in [1.29, 1.82) is 0 Å². The molecule has 1 aromatic heterocycles. The fraction of sp³-hybridized carbons (Fsp3) is 0.526. The molecule has 136 valence electrons. The first-order valence-electron chi connectivity index (χ1n) is 8.96. The number of nitrogens with one attached hydrogen (secondary N) is 1. The third-order valence-electron chi connectivity index (χ3n) is 4.67. The number of aliphatic hydroxyl groups excluding tert-OH is 1. The zero-order valence-electron chi connectivity index (χ0n) is 14.8. The minimum atomic E-state index is -0.390. The first kappa shape index (κ1) is 18.1. The summed E-state index contributed by atoms with van der Waals surface area (Å²) in [5.41, 5.74) is 2.28. The average Bonchev–Trinajstić information content (AvgIpc) is 3.11. The maximum absolute atomic E-state index is 9.82. The quantitative estimate of drug-likeness (QED) is 0.759. The van der Waals surface area contributed by atoms with E-state index in [0.29, 0.717) is 19.2 Å². The minimum absolute atomic E-state index is 0.390. The molecule has 0 bridgehead atoms. The summed E-state index contributed by atoms with van der Waals surface area (Å²) in [5.74, 6) is 0. The molecule has 6 nitrogen and oxygen atoms in total. The molecular weight excluding hydrogens is 316 g/mol. The van der Waals surface area contributed by atoms with Gasteiger partial charge in [-0.15, -0.1) is 0 Å². The first-order valence-corrected chi connectivity index (χ1v) is 8.96. The molecule has 1 aliphatic rings. The lowest BCUT2D eigenvalue weighted by Crippen LogP contribution is -2.45. The molecule has 0 aliphatic carbocycles. The van der Waals surface area contributed by atoms with E-state index >= 15 is 0 Å². The van der Waals surface area contributed by atoms with Gasteiger partial charge in [-0.3, -0.25) is 0 Å². The average molecular weight is 344 g/mol. The number of methoxy groups -OCH3 is 1. The molecule has 1 atom stereocenters. The summed E-state index contributed by atoms with van der Waals surface area (Å²) in [4.78, 5) is 2.31. The van der Waals surface area contributed by atoms with Gasteiger partial charge in [-0.05, 0) is 38.1 Å². The highest BCUT2D eigenvalue weighted by Gasteiger charge is 2.20. The lowest BCUT2D eigenvalue weighted by atomic mass is 10.0. The normalized spacial score (nSPS) is 17.7. The third kappa shape index (κ3) is 5.37. The smallest absolute Gasteiger partial charge is 0.0900 e. The van der Waals surface area contributed by atoms with Crippen LogP contribution in [0.15, 0.2) is 42.7 Å². The molecule has 1 aliphatic heterocycles. The highest BCUT2D eigenvalue weighted by atomic mass is 16.5. The van der Waals surface area contributed by atoms with Crippen LogP contribution in [0.3, 0.4) is 0 Å². The van der Waals surface area contributed by atoms with Gasteiger partial charge in [0.15, 0.2) is 0 Å². The highest BCUT2D eigenvalue weighted by Crippen LogP contribution is 2.12. The summed E-state index contributed by atoms with van der Waals surface area (Å²) in [7, 11) is 1.62. The zero-order valence-corrected chi connectivity index (χ0v) is 14.8. The molecule has 25 heavy (non-hydrogen) atoms. The fourth-order valence-electron chi connectivity index (χ4n) is 3.30. The van der Waals surface area contributed by atoms with E-state index in [1.54, 1.807) is 7.11 Å². The summed E-state index contributed by atoms with van der Waals surface area (Å²) in [6.45, 7) is 3.97. The van der Waals surface area contributed by atoms with Crippen LogP contribution in [0, 0.1) is 0 Å². The molecule has 1 unspecified atom stereocenters. The van der Waals surface area contributed by atoms with E-state index in [0.717, 1.165) is 38.2 Å². The number of ether oxygens (including phenoxy) is 1. The predicted octanol–water partition coefficient (Wildman–Crippen LogP) is 1.43. The lowest BCUT2D eigenvalue weighted by molar-refractivity contribution is 0.0310. The van der Waals surface area contributed by atoms with Gasteiger partial charge < -0.3 is 20.1 Å². The maximum atomic E-state index is 9.82. The molecule has 0 saturated carbocycles. The van der Waals surface area contributed by atoms with Crippen molar-refractivity contribution in [3.63, 3.8) is 0 Å². The van der Waals surface area contributed by atoms with E-state index in [4.69, 9.17) is 4.74 Å². The number of aliphatic hydroxyl groups is 1. The molecule has 0 radical (unpaired) electrons. The Kier molecular flexibility index (Phi) is 6.58. The summed E-state index contributed by atoms with van der Waals surface area (Å²) >= 11 is 0. The number of benzene rings is 1. The van der Waals surface area contributed by atoms with Crippen molar-refractivity contribution in [3.8, 4) is 5.69 Å². The Morgan fingerprint density at radius 2 is 2.04 bits per heavy atom. The topological polar surface area (TPSA) is 62.6 Å². The Hall–Kier alpha value is -1.73. The van der Waals surface area contributed by atoms with Crippen molar-refractivity contribution in [2.24, 2.45) is 0 Å². The number of hydrogen-bond acceptors (Lipinski definition) is 5. The predicted molar refractivity (Wildman–Crippen MR) is 97.7 cm³/mol. The van der Waals surface area contributed by atoms with Gasteiger partial charge in [-0.2, -0.15) is 5.10 Å². The third-order valence-corrected chi connectivity index (χ3v) is 4.67. The molecule has 1 aromatic carbocycles. The van der Waals surface area contributed by atoms with Gasteiger partial charge in [0.25, 0.3) is 0 Å². The molecule has 3 rings (SSSR count). The Morgan fingerprint density at radius 1 is 1.28 bits per heavy atom. The number of likely N-dealkylation sites (tertiary alicyclic amines) is 1. The van der Waals surface area contributed by atoms with E-state index in [9.17, 15) is 5.11 Å². The van der Waals surface area contributed by atoms with Crippen LogP contribution in [0.1, 0.15) is 18.4 Å². The maximum Gasteiger partial charge on any atom is 0.0900 e. The van der Waals surface area contributed by atoms with Crippen LogP contribution in [0.2, 0.25) is 0 Å². The molecule has 1 saturated heterocycles. The standard InChI is InChI=1S/C19H28N4O2/c1-25-15-19(24)14-22-9-7-17(8-10-22)20-11-16-12-21-23(13-16)18-5-3-2-4-6-18/h2-6,12-13,17,19-20,24H,7-11,14-15H2,1H3. The van der Waals surface area contributed by atoms with Crippen LogP contribution < -0.4 is 5.32 Å². The van der Waals surface area contributed by atoms with Crippen LogP contribution >= 0.6 is 0 Å². The number of rotatable bonds is 8. The molecule has 2 heterocycles. The molecule has 0 amide bonds. The minimum Gasteiger partial charge on any atom is -0.389 e. The number of piperidine rings is 1. The highest BCUT2D eigenvalue weighted by molar-refractivity contribution is 5.30. The lowest BCUT2D eigenvalue weighted by Gasteiger charge is -2.33. The fourth-order valence-corrected chi connectivity index (χ4v) is 3.30. The largest absolute Gasteiger partial charge is 0.389 e. The Labute approximate surface area is 149 Å². The number of para-hydroxylation sites is 1. The number of hydrogen-bond donors (Lipinski definition) is 2. The van der Waals surface area contributed by atoms with E-state index in [1.165, 1.54) is 5.56 Å². The summed E-state index contributed by atoms with van der Waals surface area (Å²) in [5, 5.41) is 17.9. The molecular formula is C19H28N4O2. The van der Waals surface area contributed by atoms with Crippen molar-refractivity contribution >= 4 is 0 Å². The van der Waals surface area contributed by atoms with Crippen molar-refractivity contribution in [2.75, 3.05) is 33.4 Å². The van der Waals surface area contributed by atoms with Crippen LogP contribution in [-0.4, -0.2) is 65.3 Å². The van der Waals surface area contributed by atoms with Crippen LogP contribution in [0.25, 0.3) is 5.69 Å². The molecule has 2 aromatic rings. The zero-order chi connectivity index (χ0) is 17.5. The number of β-amino-alcohol motifs (C(OH)–C–C–N with tert-alkyl or cyclic N) is 1. The van der Waals surface area contributed by atoms with Crippen LogP contribution in [0.5, 0.6) is 0 Å². The molecule has 2 N–H and O–H groups in total. The number of nitrogens with zero attached hydrogens (tertiary/aromatic N) is 3. The van der Waals surface area contributed by atoms with E-state index in [2.05, 4.69) is 33.6 Å². The van der Waals surface area contributed by atoms with E-state index in [1.807, 2.05) is 29.1 Å². The Morgan fingerprint density at radius 3 is 2.76 bits per heavy atom. The number of aromatic nitrogens is 2. The second-order valence-corrected chi connectivity index (χ2v) is 6.69. The van der Waals surface area contributed by atoms with Gasteiger partial charge in [0.2, 0.25) is 0 Å². The summed E-state index contributed by atoms with van der Waals surface area (Å²) in [6.07, 6.45) is 5.83. The molecule has 0 spiro atoms.